The Bertz CT molecular complexity index is 1010. The third kappa shape index (κ3) is 3.51. The van der Waals surface area contributed by atoms with Gasteiger partial charge in [-0.2, -0.15) is 5.10 Å². The van der Waals surface area contributed by atoms with E-state index in [4.69, 9.17) is 0 Å². The first-order valence-corrected chi connectivity index (χ1v) is 10.2. The second kappa shape index (κ2) is 7.54. The van der Waals surface area contributed by atoms with Crippen LogP contribution in [0.2, 0.25) is 0 Å². The monoisotopic (exact) mass is 382 g/mol. The summed E-state index contributed by atoms with van der Waals surface area (Å²) in [6.45, 7) is 12.0. The second-order valence-corrected chi connectivity index (χ2v) is 8.60. The first kappa shape index (κ1) is 18.9. The molecule has 0 amide bonds. The van der Waals surface area contributed by atoms with Crippen LogP contribution in [0.1, 0.15) is 51.8 Å². The molecule has 0 aliphatic carbocycles. The number of imidazole rings is 1. The van der Waals surface area contributed by atoms with E-state index in [1.54, 1.807) is 6.20 Å². The molecule has 1 saturated heterocycles. The maximum Gasteiger partial charge on any atom is 0.330 e. The maximum absolute atomic E-state index is 13.2. The topological polar surface area (TPSA) is 60.9 Å². The number of rotatable bonds is 6. The Morgan fingerprint density at radius 2 is 2.07 bits per heavy atom. The molecule has 3 aromatic heterocycles. The van der Waals surface area contributed by atoms with Crippen molar-refractivity contribution < 1.29 is 0 Å². The minimum atomic E-state index is 0.0712. The molecule has 1 atom stereocenters. The van der Waals surface area contributed by atoms with Gasteiger partial charge in [0.1, 0.15) is 0 Å². The van der Waals surface area contributed by atoms with Crippen molar-refractivity contribution in [3.05, 3.63) is 46.8 Å². The average molecular weight is 383 g/mol. The molecule has 1 aliphatic heterocycles. The van der Waals surface area contributed by atoms with Gasteiger partial charge >= 0.3 is 5.69 Å². The van der Waals surface area contributed by atoms with Gasteiger partial charge in [-0.15, -0.1) is 0 Å². The lowest BCUT2D eigenvalue weighted by molar-refractivity contribution is 0.315. The minimum Gasteiger partial charge on any atom is -0.297 e. The van der Waals surface area contributed by atoms with E-state index in [9.17, 15) is 4.79 Å². The van der Waals surface area contributed by atoms with Gasteiger partial charge in [-0.1, -0.05) is 13.8 Å². The van der Waals surface area contributed by atoms with Crippen LogP contribution in [0.25, 0.3) is 11.2 Å². The highest BCUT2D eigenvalue weighted by molar-refractivity contribution is 5.71. The molecule has 0 N–H and O–H groups in total. The van der Waals surface area contributed by atoms with Crippen LogP contribution in [0.5, 0.6) is 0 Å². The predicted molar refractivity (Wildman–Crippen MR) is 110 cm³/mol. The van der Waals surface area contributed by atoms with Crippen molar-refractivity contribution in [3.63, 3.8) is 0 Å². The zero-order chi connectivity index (χ0) is 19.8. The quantitative estimate of drug-likeness (QED) is 0.657. The smallest absolute Gasteiger partial charge is 0.297 e. The van der Waals surface area contributed by atoms with Crippen LogP contribution < -0.4 is 5.69 Å². The molecule has 1 aliphatic rings. The van der Waals surface area contributed by atoms with Crippen LogP contribution >= 0.6 is 0 Å². The average Bonchev–Trinajstić information content (AvgIpc) is 3.35. The fraction of sp³-hybridized carbons (Fsp3) is 0.571. The van der Waals surface area contributed by atoms with Crippen molar-refractivity contribution in [2.75, 3.05) is 13.1 Å². The molecule has 4 rings (SSSR count). The summed E-state index contributed by atoms with van der Waals surface area (Å²) < 4.78 is 5.81. The van der Waals surface area contributed by atoms with Gasteiger partial charge in [0, 0.05) is 50.2 Å². The van der Waals surface area contributed by atoms with Crippen molar-refractivity contribution in [1.29, 1.82) is 0 Å². The van der Waals surface area contributed by atoms with Crippen molar-refractivity contribution >= 4 is 11.2 Å². The van der Waals surface area contributed by atoms with Crippen molar-refractivity contribution in [1.82, 2.24) is 28.8 Å². The van der Waals surface area contributed by atoms with Crippen LogP contribution in [0.3, 0.4) is 0 Å². The van der Waals surface area contributed by atoms with E-state index in [-0.39, 0.29) is 11.7 Å². The number of hydrogen-bond donors (Lipinski definition) is 0. The van der Waals surface area contributed by atoms with Gasteiger partial charge in [-0.05, 0) is 38.3 Å². The summed E-state index contributed by atoms with van der Waals surface area (Å²) in [7, 11) is 0. The van der Waals surface area contributed by atoms with Gasteiger partial charge in [0.2, 0.25) is 0 Å². The van der Waals surface area contributed by atoms with E-state index in [0.29, 0.717) is 12.0 Å². The zero-order valence-electron chi connectivity index (χ0n) is 17.2. The van der Waals surface area contributed by atoms with E-state index >= 15 is 0 Å². The molecule has 1 fully saturated rings. The summed E-state index contributed by atoms with van der Waals surface area (Å²) in [6.07, 6.45) is 6.83. The number of hydrogen-bond acceptors (Lipinski definition) is 4. The molecule has 3 aromatic rings. The molecule has 0 radical (unpaired) electrons. The van der Waals surface area contributed by atoms with E-state index in [1.165, 1.54) is 5.56 Å². The number of pyridine rings is 1. The number of aromatic nitrogens is 5. The Kier molecular flexibility index (Phi) is 5.10. The molecule has 7 heteroatoms. The van der Waals surface area contributed by atoms with E-state index in [0.717, 1.165) is 43.8 Å². The van der Waals surface area contributed by atoms with Gasteiger partial charge < -0.3 is 0 Å². The Balaban J connectivity index is 1.57. The molecule has 0 saturated carbocycles. The maximum atomic E-state index is 13.2. The predicted octanol–water partition coefficient (Wildman–Crippen LogP) is 3.08. The molecule has 28 heavy (non-hydrogen) atoms. The zero-order valence-corrected chi connectivity index (χ0v) is 17.2. The Morgan fingerprint density at radius 1 is 1.25 bits per heavy atom. The molecular formula is C21H30N6O. The first-order chi connectivity index (χ1) is 13.4. The van der Waals surface area contributed by atoms with Gasteiger partial charge in [0.25, 0.3) is 0 Å². The lowest BCUT2D eigenvalue weighted by atomic mass is 10.2. The molecule has 0 unspecified atom stereocenters. The lowest BCUT2D eigenvalue weighted by Crippen LogP contribution is -2.30. The van der Waals surface area contributed by atoms with E-state index in [2.05, 4.69) is 48.9 Å². The summed E-state index contributed by atoms with van der Waals surface area (Å²) in [5, 5.41) is 4.44. The standard InChI is InChI=1S/C21H30N6O/c1-15(2)11-25-19-6-5-8-22-20(19)27(21(25)28)18-7-9-24(14-18)12-17-10-23-26(13-17)16(3)4/h5-6,8,10,13,15-16,18H,7,9,11-12,14H2,1-4H3/t18-/m1/s1. The van der Waals surface area contributed by atoms with Crippen LogP contribution in [0, 0.1) is 5.92 Å². The third-order valence-corrected chi connectivity index (χ3v) is 5.47. The number of fused-ring (bicyclic) bond motifs is 1. The van der Waals surface area contributed by atoms with Gasteiger partial charge in [-0.25, -0.2) is 9.78 Å². The van der Waals surface area contributed by atoms with Crippen LogP contribution in [-0.2, 0) is 13.1 Å². The number of nitrogens with zero attached hydrogens (tertiary/aromatic N) is 6. The van der Waals surface area contributed by atoms with Gasteiger partial charge in [0.15, 0.2) is 5.65 Å². The summed E-state index contributed by atoms with van der Waals surface area (Å²) in [6, 6.07) is 4.46. The Morgan fingerprint density at radius 3 is 2.79 bits per heavy atom. The van der Waals surface area contributed by atoms with Crippen molar-refractivity contribution in [2.24, 2.45) is 5.92 Å². The fourth-order valence-corrected chi connectivity index (χ4v) is 4.15. The van der Waals surface area contributed by atoms with Crippen LogP contribution in [0.15, 0.2) is 35.5 Å². The first-order valence-electron chi connectivity index (χ1n) is 10.2. The molecule has 0 aromatic carbocycles. The van der Waals surface area contributed by atoms with Gasteiger partial charge in [-0.3, -0.25) is 18.7 Å². The third-order valence-electron chi connectivity index (χ3n) is 5.47. The fourth-order valence-electron chi connectivity index (χ4n) is 4.15. The summed E-state index contributed by atoms with van der Waals surface area (Å²) in [4.78, 5) is 20.2. The highest BCUT2D eigenvalue weighted by Crippen LogP contribution is 2.25. The molecule has 0 spiro atoms. The summed E-state index contributed by atoms with van der Waals surface area (Å²) >= 11 is 0. The highest BCUT2D eigenvalue weighted by Gasteiger charge is 2.28. The molecule has 0 bridgehead atoms. The molecule has 7 nitrogen and oxygen atoms in total. The second-order valence-electron chi connectivity index (χ2n) is 8.60. The Labute approximate surface area is 165 Å². The van der Waals surface area contributed by atoms with Gasteiger partial charge in [0.05, 0.1) is 17.8 Å². The summed E-state index contributed by atoms with van der Waals surface area (Å²) in [5.41, 5.74) is 3.05. The van der Waals surface area contributed by atoms with Crippen molar-refractivity contribution in [3.8, 4) is 0 Å². The SMILES string of the molecule is CC(C)Cn1c(=O)n([C@@H]2CCN(Cc3cnn(C(C)C)c3)C2)c2ncccc21. The molecule has 150 valence electrons. The minimum absolute atomic E-state index is 0.0712. The van der Waals surface area contributed by atoms with Crippen LogP contribution in [-0.4, -0.2) is 41.9 Å². The molecule has 4 heterocycles. The molecular weight excluding hydrogens is 352 g/mol. The van der Waals surface area contributed by atoms with E-state index in [1.807, 2.05) is 32.1 Å². The lowest BCUT2D eigenvalue weighted by Gasteiger charge is -2.15. The number of likely N-dealkylation sites (tertiary alicyclic amines) is 1. The van der Waals surface area contributed by atoms with Crippen LogP contribution in [0.4, 0.5) is 0 Å². The largest absolute Gasteiger partial charge is 0.330 e. The van der Waals surface area contributed by atoms with E-state index < -0.39 is 0 Å². The van der Waals surface area contributed by atoms with Crippen molar-refractivity contribution in [2.45, 2.75) is 59.3 Å². The summed E-state index contributed by atoms with van der Waals surface area (Å²) in [5.74, 6) is 0.412. The Hall–Kier alpha value is -2.41. The highest BCUT2D eigenvalue weighted by atomic mass is 16.1. The normalized spacial score (nSPS) is 18.1.